The predicted octanol–water partition coefficient (Wildman–Crippen LogP) is 4.17. The highest BCUT2D eigenvalue weighted by Crippen LogP contribution is 2.19. The quantitative estimate of drug-likeness (QED) is 0.184. The van der Waals surface area contributed by atoms with Crippen LogP contribution in [-0.4, -0.2) is 47.1 Å². The molecular weight excluding hydrogens is 577 g/mol. The van der Waals surface area contributed by atoms with Crippen LogP contribution < -0.4 is 5.46 Å². The van der Waals surface area contributed by atoms with E-state index >= 15 is 0 Å². The molecule has 0 aliphatic rings. The molecule has 0 radical (unpaired) electrons. The number of hydrogen-bond acceptors (Lipinski definition) is 5. The predicted molar refractivity (Wildman–Crippen MR) is 133 cm³/mol. The average Bonchev–Trinajstić information content (AvgIpc) is 3.53. The molecule has 0 bridgehead atoms. The number of aromatic amines is 3. The van der Waals surface area contributed by atoms with Crippen molar-refractivity contribution in [1.82, 2.24) is 29.9 Å². The minimum Gasteiger partial charge on any atom is -0.423 e. The van der Waals surface area contributed by atoms with Crippen LogP contribution in [0.15, 0.2) is 70.4 Å². The van der Waals surface area contributed by atoms with Crippen LogP contribution in [0.2, 0.25) is 0 Å². The van der Waals surface area contributed by atoms with Gasteiger partial charge in [-0.3, -0.25) is 0 Å². The summed E-state index contributed by atoms with van der Waals surface area (Å²) in [6.45, 7) is 0. The molecule has 6 aromatic heterocycles. The number of fused-ring (bicyclic) bond motifs is 3. The summed E-state index contributed by atoms with van der Waals surface area (Å²) >= 11 is 6.55. The van der Waals surface area contributed by atoms with Crippen LogP contribution in [0.4, 0.5) is 8.78 Å². The van der Waals surface area contributed by atoms with Crippen LogP contribution >= 0.6 is 31.9 Å². The summed E-state index contributed by atoms with van der Waals surface area (Å²) in [4.78, 5) is 20.2. The third-order valence-corrected chi connectivity index (χ3v) is 5.48. The van der Waals surface area contributed by atoms with Gasteiger partial charge in [0.25, 0.3) is 0 Å². The number of aromatic nitrogens is 6. The Labute approximate surface area is 207 Å². The smallest absolute Gasteiger partial charge is 0.423 e. The van der Waals surface area contributed by atoms with Crippen LogP contribution in [0.25, 0.3) is 33.1 Å². The van der Waals surface area contributed by atoms with Gasteiger partial charge in [0.2, 0.25) is 0 Å². The Morgan fingerprint density at radius 2 is 1.29 bits per heavy atom. The molecule has 6 rings (SSSR count). The number of nitrogens with zero attached hydrogens (tertiary/aromatic N) is 3. The minimum absolute atomic E-state index is 0.172. The van der Waals surface area contributed by atoms with Gasteiger partial charge in [-0.15, -0.1) is 0 Å². The van der Waals surface area contributed by atoms with Crippen molar-refractivity contribution in [3.63, 3.8) is 0 Å². The van der Waals surface area contributed by atoms with Gasteiger partial charge >= 0.3 is 7.12 Å². The Balaban J connectivity index is 0.000000122. The molecule has 172 valence electrons. The first kappa shape index (κ1) is 24.0. The van der Waals surface area contributed by atoms with Gasteiger partial charge in [0.1, 0.15) is 28.6 Å². The lowest BCUT2D eigenvalue weighted by molar-refractivity contribution is 0.425. The molecule has 0 unspecified atom stereocenters. The van der Waals surface area contributed by atoms with Crippen LogP contribution in [0.5, 0.6) is 0 Å². The SMILES string of the molecule is Brc1cnc2[nH]ccc2c1.Fc1c[nH]c2ncc(Br)cc12.OB(O)c1cnc2[nH]cc(F)c2c1. The van der Waals surface area contributed by atoms with Gasteiger partial charge in [-0.2, -0.15) is 0 Å². The fraction of sp³-hybridized carbons (Fsp3) is 0. The largest absolute Gasteiger partial charge is 0.490 e. The second-order valence-electron chi connectivity index (χ2n) is 6.93. The first-order valence-corrected chi connectivity index (χ1v) is 11.3. The lowest BCUT2D eigenvalue weighted by Gasteiger charge is -1.97. The summed E-state index contributed by atoms with van der Waals surface area (Å²) in [6.07, 6.45) is 9.03. The van der Waals surface area contributed by atoms with E-state index in [4.69, 9.17) is 10.0 Å². The maximum absolute atomic E-state index is 13.0. The van der Waals surface area contributed by atoms with Crippen molar-refractivity contribution in [2.75, 3.05) is 0 Å². The Kier molecular flexibility index (Phi) is 7.36. The van der Waals surface area contributed by atoms with Crippen LogP contribution in [-0.2, 0) is 0 Å². The molecule has 0 saturated heterocycles. The Morgan fingerprint density at radius 1 is 0.735 bits per heavy atom. The van der Waals surface area contributed by atoms with E-state index in [-0.39, 0.29) is 16.7 Å². The lowest BCUT2D eigenvalue weighted by Crippen LogP contribution is -2.29. The fourth-order valence-corrected chi connectivity index (χ4v) is 3.67. The fourth-order valence-electron chi connectivity index (χ4n) is 2.99. The zero-order chi connectivity index (χ0) is 24.2. The highest BCUT2D eigenvalue weighted by Gasteiger charge is 2.13. The maximum Gasteiger partial charge on any atom is 0.490 e. The Morgan fingerprint density at radius 3 is 1.94 bits per heavy atom. The molecule has 0 saturated carbocycles. The van der Waals surface area contributed by atoms with Crippen molar-refractivity contribution in [3.8, 4) is 0 Å². The van der Waals surface area contributed by atoms with Gasteiger partial charge in [-0.25, -0.2) is 23.7 Å². The molecule has 5 N–H and O–H groups in total. The first-order valence-electron chi connectivity index (χ1n) is 9.67. The summed E-state index contributed by atoms with van der Waals surface area (Å²) in [5.74, 6) is -0.723. The molecule has 0 aromatic carbocycles. The van der Waals surface area contributed by atoms with Gasteiger partial charge in [0.05, 0.1) is 10.8 Å². The van der Waals surface area contributed by atoms with Crippen molar-refractivity contribution < 1.29 is 18.8 Å². The van der Waals surface area contributed by atoms with Crippen molar-refractivity contribution in [2.45, 2.75) is 0 Å². The van der Waals surface area contributed by atoms with Crippen molar-refractivity contribution >= 4 is 77.5 Å². The average molecular weight is 592 g/mol. The van der Waals surface area contributed by atoms with Crippen molar-refractivity contribution in [1.29, 1.82) is 0 Å². The molecule has 34 heavy (non-hydrogen) atoms. The molecule has 0 aliphatic heterocycles. The van der Waals surface area contributed by atoms with E-state index in [1.807, 2.05) is 18.3 Å². The highest BCUT2D eigenvalue weighted by molar-refractivity contribution is 9.10. The Bertz CT molecular complexity index is 1570. The second-order valence-corrected chi connectivity index (χ2v) is 8.76. The van der Waals surface area contributed by atoms with E-state index in [0.717, 1.165) is 20.0 Å². The minimum atomic E-state index is -1.62. The number of nitrogens with one attached hydrogen (secondary N) is 3. The van der Waals surface area contributed by atoms with E-state index in [9.17, 15) is 8.78 Å². The molecule has 0 aliphatic carbocycles. The molecule has 8 nitrogen and oxygen atoms in total. The summed E-state index contributed by atoms with van der Waals surface area (Å²) in [6, 6.07) is 7.05. The number of pyridine rings is 3. The summed E-state index contributed by atoms with van der Waals surface area (Å²) in [5, 5.41) is 19.5. The van der Waals surface area contributed by atoms with Gasteiger partial charge in [0, 0.05) is 57.0 Å². The molecule has 0 amide bonds. The number of halogens is 4. The molecule has 6 aromatic rings. The van der Waals surface area contributed by atoms with Crippen LogP contribution in [0.1, 0.15) is 0 Å². The van der Waals surface area contributed by atoms with E-state index < -0.39 is 12.9 Å². The third kappa shape index (κ3) is 5.50. The van der Waals surface area contributed by atoms with E-state index in [0.29, 0.717) is 16.7 Å². The molecule has 0 atom stereocenters. The molecular formula is C21H15BBr2F2N6O2. The van der Waals surface area contributed by atoms with Crippen LogP contribution in [0, 0.1) is 11.6 Å². The summed E-state index contributed by atoms with van der Waals surface area (Å²) in [5.41, 5.74) is 2.07. The maximum atomic E-state index is 13.0. The topological polar surface area (TPSA) is 126 Å². The zero-order valence-corrected chi connectivity index (χ0v) is 20.3. The van der Waals surface area contributed by atoms with E-state index in [1.165, 1.54) is 24.7 Å². The number of rotatable bonds is 1. The van der Waals surface area contributed by atoms with Gasteiger partial charge < -0.3 is 25.0 Å². The van der Waals surface area contributed by atoms with E-state index in [2.05, 4.69) is 61.8 Å². The molecule has 6 heterocycles. The van der Waals surface area contributed by atoms with Gasteiger partial charge in [0.15, 0.2) is 0 Å². The van der Waals surface area contributed by atoms with Gasteiger partial charge in [-0.1, -0.05) is 0 Å². The Hall–Kier alpha value is -3.13. The molecule has 0 fully saturated rings. The molecule has 0 spiro atoms. The third-order valence-electron chi connectivity index (χ3n) is 4.61. The summed E-state index contributed by atoms with van der Waals surface area (Å²) in [7, 11) is -1.62. The van der Waals surface area contributed by atoms with E-state index in [1.54, 1.807) is 18.5 Å². The summed E-state index contributed by atoms with van der Waals surface area (Å²) < 4.78 is 27.6. The lowest BCUT2D eigenvalue weighted by atomic mass is 9.81. The van der Waals surface area contributed by atoms with Gasteiger partial charge in [-0.05, 0) is 56.1 Å². The normalized spacial score (nSPS) is 10.6. The first-order chi connectivity index (χ1) is 16.3. The monoisotopic (exact) mass is 590 g/mol. The number of hydrogen-bond donors (Lipinski definition) is 5. The highest BCUT2D eigenvalue weighted by atomic mass is 79.9. The van der Waals surface area contributed by atoms with Crippen molar-refractivity contribution in [3.05, 3.63) is 82.0 Å². The standard InChI is InChI=1S/C7H6BFN2O2.C7H4BrFN2.C7H5BrN2/c9-6-3-11-7-5(6)1-4(2-10-7)8(12)13;8-4-1-5-6(9)3-11-7(5)10-2-4;8-6-3-5-1-2-9-7(5)10-4-6/h1-3,12-13H,(H,10,11);1-3H,(H,10,11);1-4H,(H,9,10). The second kappa shape index (κ2) is 10.4. The van der Waals surface area contributed by atoms with Crippen LogP contribution in [0.3, 0.4) is 0 Å². The molecule has 13 heteroatoms. The number of H-pyrrole nitrogens is 3. The zero-order valence-electron chi connectivity index (χ0n) is 17.1. The van der Waals surface area contributed by atoms with Crippen molar-refractivity contribution in [2.24, 2.45) is 0 Å².